The second-order valence-electron chi connectivity index (χ2n) is 4.22. The van der Waals surface area contributed by atoms with Crippen molar-refractivity contribution in [2.45, 2.75) is 6.92 Å². The quantitative estimate of drug-likeness (QED) is 0.597. The number of hydrogen-bond donors (Lipinski definition) is 2. The standard InChI is InChI=1S/C13H16N6O/c1-3-6-14-8-13(20)16-11-5-4-10(2)12(7-11)19-9-15-17-18-19/h3-5,7,9,14H,1,6,8H2,2H3,(H,16,20). The van der Waals surface area contributed by atoms with Crippen molar-refractivity contribution in [1.82, 2.24) is 25.5 Å². The molecule has 0 unspecified atom stereocenters. The Balaban J connectivity index is 2.08. The highest BCUT2D eigenvalue weighted by molar-refractivity contribution is 5.92. The van der Waals surface area contributed by atoms with Crippen LogP contribution in [0.2, 0.25) is 0 Å². The van der Waals surface area contributed by atoms with Crippen LogP contribution in [0.25, 0.3) is 5.69 Å². The van der Waals surface area contributed by atoms with Gasteiger partial charge in [0.05, 0.1) is 12.2 Å². The number of hydrogen-bond acceptors (Lipinski definition) is 5. The van der Waals surface area contributed by atoms with Gasteiger partial charge in [0, 0.05) is 12.2 Å². The molecule has 1 aromatic heterocycles. The van der Waals surface area contributed by atoms with Crippen molar-refractivity contribution in [3.05, 3.63) is 42.7 Å². The van der Waals surface area contributed by atoms with E-state index in [4.69, 9.17) is 0 Å². The van der Waals surface area contributed by atoms with E-state index in [9.17, 15) is 4.79 Å². The molecule has 0 bridgehead atoms. The molecule has 0 aliphatic heterocycles. The highest BCUT2D eigenvalue weighted by atomic mass is 16.1. The molecule has 0 atom stereocenters. The molecule has 1 heterocycles. The van der Waals surface area contributed by atoms with E-state index in [2.05, 4.69) is 32.7 Å². The molecule has 20 heavy (non-hydrogen) atoms. The molecule has 2 N–H and O–H groups in total. The SMILES string of the molecule is C=CCNCC(=O)Nc1ccc(C)c(-n2cnnn2)c1. The van der Waals surface area contributed by atoms with E-state index in [-0.39, 0.29) is 12.5 Å². The van der Waals surface area contributed by atoms with E-state index in [1.54, 1.807) is 10.8 Å². The first-order valence-corrected chi connectivity index (χ1v) is 6.16. The van der Waals surface area contributed by atoms with Gasteiger partial charge in [-0.1, -0.05) is 12.1 Å². The van der Waals surface area contributed by atoms with Gasteiger partial charge in [0.2, 0.25) is 5.91 Å². The molecule has 0 aliphatic rings. The van der Waals surface area contributed by atoms with Crippen LogP contribution < -0.4 is 10.6 Å². The van der Waals surface area contributed by atoms with Crippen LogP contribution in [0.15, 0.2) is 37.2 Å². The van der Waals surface area contributed by atoms with Crippen molar-refractivity contribution in [2.24, 2.45) is 0 Å². The van der Waals surface area contributed by atoms with Crippen molar-refractivity contribution in [3.63, 3.8) is 0 Å². The lowest BCUT2D eigenvalue weighted by Crippen LogP contribution is -2.28. The lowest BCUT2D eigenvalue weighted by Gasteiger charge is -2.09. The third-order valence-electron chi connectivity index (χ3n) is 2.66. The summed E-state index contributed by atoms with van der Waals surface area (Å²) in [4.78, 5) is 11.7. The highest BCUT2D eigenvalue weighted by Crippen LogP contribution is 2.18. The fraction of sp³-hybridized carbons (Fsp3) is 0.231. The first kappa shape index (κ1) is 13.9. The van der Waals surface area contributed by atoms with Crippen LogP contribution in [0.1, 0.15) is 5.56 Å². The number of amides is 1. The molecule has 2 aromatic rings. The fourth-order valence-corrected chi connectivity index (χ4v) is 1.70. The number of aromatic nitrogens is 4. The van der Waals surface area contributed by atoms with Gasteiger partial charge in [-0.05, 0) is 35.0 Å². The normalized spacial score (nSPS) is 10.2. The number of nitrogens with zero attached hydrogens (tertiary/aromatic N) is 4. The number of rotatable bonds is 6. The van der Waals surface area contributed by atoms with Gasteiger partial charge in [-0.3, -0.25) is 4.79 Å². The first-order valence-electron chi connectivity index (χ1n) is 6.16. The maximum atomic E-state index is 11.7. The molecule has 0 fully saturated rings. The Bertz CT molecular complexity index is 593. The largest absolute Gasteiger partial charge is 0.325 e. The summed E-state index contributed by atoms with van der Waals surface area (Å²) in [5.74, 6) is -0.113. The molecule has 1 aromatic carbocycles. The zero-order chi connectivity index (χ0) is 14.4. The van der Waals surface area contributed by atoms with Crippen LogP contribution in [0.5, 0.6) is 0 Å². The summed E-state index contributed by atoms with van der Waals surface area (Å²) in [5, 5.41) is 16.8. The smallest absolute Gasteiger partial charge is 0.238 e. The zero-order valence-electron chi connectivity index (χ0n) is 11.2. The number of aryl methyl sites for hydroxylation is 1. The predicted molar refractivity (Wildman–Crippen MR) is 75.6 cm³/mol. The molecule has 2 rings (SSSR count). The summed E-state index contributed by atoms with van der Waals surface area (Å²) in [6.45, 7) is 6.36. The number of tetrazole rings is 1. The lowest BCUT2D eigenvalue weighted by molar-refractivity contribution is -0.115. The Hall–Kier alpha value is -2.54. The molecule has 0 saturated carbocycles. The monoisotopic (exact) mass is 272 g/mol. The molecule has 104 valence electrons. The minimum Gasteiger partial charge on any atom is -0.325 e. The van der Waals surface area contributed by atoms with Gasteiger partial charge in [-0.2, -0.15) is 0 Å². The zero-order valence-corrected chi connectivity index (χ0v) is 11.2. The summed E-state index contributed by atoms with van der Waals surface area (Å²) in [5.41, 5.74) is 2.54. The second kappa shape index (κ2) is 6.58. The van der Waals surface area contributed by atoms with E-state index >= 15 is 0 Å². The average molecular weight is 272 g/mol. The topological polar surface area (TPSA) is 84.7 Å². The second-order valence-corrected chi connectivity index (χ2v) is 4.22. The number of anilines is 1. The summed E-state index contributed by atoms with van der Waals surface area (Å²) >= 11 is 0. The number of benzene rings is 1. The van der Waals surface area contributed by atoms with Crippen LogP contribution in [0.3, 0.4) is 0 Å². The van der Waals surface area contributed by atoms with Crippen molar-refractivity contribution in [3.8, 4) is 5.69 Å². The van der Waals surface area contributed by atoms with Crippen molar-refractivity contribution >= 4 is 11.6 Å². The minimum atomic E-state index is -0.113. The molecule has 1 amide bonds. The van der Waals surface area contributed by atoms with E-state index in [1.165, 1.54) is 6.33 Å². The molecule has 0 radical (unpaired) electrons. The summed E-state index contributed by atoms with van der Waals surface area (Å²) < 4.78 is 1.56. The van der Waals surface area contributed by atoms with Crippen LogP contribution in [-0.2, 0) is 4.79 Å². The number of carbonyl (C=O) groups excluding carboxylic acids is 1. The van der Waals surface area contributed by atoms with Gasteiger partial charge in [0.15, 0.2) is 0 Å². The lowest BCUT2D eigenvalue weighted by atomic mass is 10.2. The van der Waals surface area contributed by atoms with Gasteiger partial charge in [0.25, 0.3) is 0 Å². The number of carbonyl (C=O) groups is 1. The fourth-order valence-electron chi connectivity index (χ4n) is 1.70. The number of nitrogens with one attached hydrogen (secondary N) is 2. The summed E-state index contributed by atoms with van der Waals surface area (Å²) in [7, 11) is 0. The first-order chi connectivity index (χ1) is 9.70. The molecule has 0 saturated heterocycles. The average Bonchev–Trinajstić information content (AvgIpc) is 2.95. The Morgan fingerprint density at radius 1 is 1.50 bits per heavy atom. The highest BCUT2D eigenvalue weighted by Gasteiger charge is 2.06. The van der Waals surface area contributed by atoms with Crippen LogP contribution in [0.4, 0.5) is 5.69 Å². The Labute approximate surface area is 116 Å². The molecule has 0 aliphatic carbocycles. The van der Waals surface area contributed by atoms with Crippen molar-refractivity contribution < 1.29 is 4.79 Å². The predicted octanol–water partition coefficient (Wildman–Crippen LogP) is 0.685. The van der Waals surface area contributed by atoms with Gasteiger partial charge in [-0.25, -0.2) is 4.68 Å². The maximum absolute atomic E-state index is 11.7. The Kier molecular flexibility index (Phi) is 4.56. The third kappa shape index (κ3) is 3.48. The Morgan fingerprint density at radius 3 is 3.05 bits per heavy atom. The van der Waals surface area contributed by atoms with Crippen LogP contribution in [-0.4, -0.2) is 39.2 Å². The molecule has 7 nitrogen and oxygen atoms in total. The van der Waals surface area contributed by atoms with Crippen molar-refractivity contribution in [1.29, 1.82) is 0 Å². The van der Waals surface area contributed by atoms with Gasteiger partial charge < -0.3 is 10.6 Å². The Morgan fingerprint density at radius 2 is 2.35 bits per heavy atom. The van der Waals surface area contributed by atoms with E-state index in [1.807, 2.05) is 25.1 Å². The van der Waals surface area contributed by atoms with Gasteiger partial charge in [-0.15, -0.1) is 11.7 Å². The van der Waals surface area contributed by atoms with Gasteiger partial charge in [0.1, 0.15) is 6.33 Å². The van der Waals surface area contributed by atoms with E-state index in [0.717, 1.165) is 11.3 Å². The molecular formula is C13H16N6O. The third-order valence-corrected chi connectivity index (χ3v) is 2.66. The van der Waals surface area contributed by atoms with Gasteiger partial charge >= 0.3 is 0 Å². The summed E-state index contributed by atoms with van der Waals surface area (Å²) in [6, 6.07) is 5.58. The molecule has 0 spiro atoms. The summed E-state index contributed by atoms with van der Waals surface area (Å²) in [6.07, 6.45) is 3.22. The van der Waals surface area contributed by atoms with E-state index < -0.39 is 0 Å². The minimum absolute atomic E-state index is 0.113. The molecular weight excluding hydrogens is 256 g/mol. The van der Waals surface area contributed by atoms with Crippen LogP contribution in [0, 0.1) is 6.92 Å². The maximum Gasteiger partial charge on any atom is 0.238 e. The van der Waals surface area contributed by atoms with Crippen molar-refractivity contribution in [2.75, 3.05) is 18.4 Å². The van der Waals surface area contributed by atoms with Crippen LogP contribution >= 0.6 is 0 Å². The van der Waals surface area contributed by atoms with E-state index in [0.29, 0.717) is 12.2 Å². The molecule has 7 heteroatoms.